The zero-order chi connectivity index (χ0) is 15.8. The molecule has 1 aliphatic rings. The number of carbonyl (C=O) groups is 1. The number of rotatable bonds is 7. The summed E-state index contributed by atoms with van der Waals surface area (Å²) >= 11 is 1.89. The van der Waals surface area contributed by atoms with Crippen molar-refractivity contribution in [2.45, 2.75) is 50.9 Å². The van der Waals surface area contributed by atoms with Crippen LogP contribution in [0.5, 0.6) is 0 Å². The second-order valence-electron chi connectivity index (χ2n) is 6.18. The summed E-state index contributed by atoms with van der Waals surface area (Å²) in [5.74, 6) is 1.20. The Morgan fingerprint density at radius 3 is 2.82 bits per heavy atom. The summed E-state index contributed by atoms with van der Waals surface area (Å²) in [4.78, 5) is 14.8. The van der Waals surface area contributed by atoms with Crippen LogP contribution in [0.4, 0.5) is 0 Å². The fourth-order valence-electron chi connectivity index (χ4n) is 2.88. The van der Waals surface area contributed by atoms with Crippen molar-refractivity contribution in [1.82, 2.24) is 10.2 Å². The summed E-state index contributed by atoms with van der Waals surface area (Å²) in [6.45, 7) is 7.05. The normalized spacial score (nSPS) is 19.3. The van der Waals surface area contributed by atoms with Gasteiger partial charge in [-0.25, -0.2) is 0 Å². The van der Waals surface area contributed by atoms with Crippen LogP contribution in [0.25, 0.3) is 0 Å². The van der Waals surface area contributed by atoms with Crippen molar-refractivity contribution in [3.05, 3.63) is 35.9 Å². The molecule has 1 heterocycles. The van der Waals surface area contributed by atoms with Crippen LogP contribution in [0.1, 0.15) is 38.7 Å². The van der Waals surface area contributed by atoms with Crippen LogP contribution in [0.15, 0.2) is 30.3 Å². The molecule has 0 bridgehead atoms. The van der Waals surface area contributed by atoms with E-state index in [2.05, 4.69) is 48.3 Å². The van der Waals surface area contributed by atoms with Crippen molar-refractivity contribution in [2.24, 2.45) is 0 Å². The predicted molar refractivity (Wildman–Crippen MR) is 95.1 cm³/mol. The Morgan fingerprint density at radius 2 is 2.09 bits per heavy atom. The summed E-state index contributed by atoms with van der Waals surface area (Å²) in [5, 5.41) is 3.75. The molecule has 3 nitrogen and oxygen atoms in total. The second kappa shape index (κ2) is 9.21. The Balaban J connectivity index is 1.84. The third-order valence-corrected chi connectivity index (χ3v) is 5.10. The molecule has 0 aromatic heterocycles. The minimum atomic E-state index is 0.0398. The van der Waals surface area contributed by atoms with Crippen LogP contribution in [0.2, 0.25) is 0 Å². The largest absolute Gasteiger partial charge is 0.354 e. The Hall–Kier alpha value is -1.00. The van der Waals surface area contributed by atoms with Gasteiger partial charge in [-0.3, -0.25) is 9.69 Å². The number of amides is 1. The molecule has 2 rings (SSSR count). The number of hydrogen-bond donors (Lipinski definition) is 1. The fraction of sp³-hybridized carbons (Fsp3) is 0.611. The van der Waals surface area contributed by atoms with Gasteiger partial charge in [-0.15, -0.1) is 0 Å². The number of likely N-dealkylation sites (tertiary alicyclic amines) is 1. The molecule has 1 N–H and O–H groups in total. The zero-order valence-electron chi connectivity index (χ0n) is 13.8. The first-order chi connectivity index (χ1) is 10.7. The van der Waals surface area contributed by atoms with Gasteiger partial charge in [0.15, 0.2) is 0 Å². The first-order valence-corrected chi connectivity index (χ1v) is 9.39. The summed E-state index contributed by atoms with van der Waals surface area (Å²) in [6.07, 6.45) is 3.33. The third-order valence-electron chi connectivity index (χ3n) is 4.00. The number of nitrogens with zero attached hydrogens (tertiary/aromatic N) is 1. The van der Waals surface area contributed by atoms with E-state index in [0.29, 0.717) is 5.25 Å². The highest BCUT2D eigenvalue weighted by Crippen LogP contribution is 2.20. The van der Waals surface area contributed by atoms with Crippen LogP contribution in [0.3, 0.4) is 0 Å². The highest BCUT2D eigenvalue weighted by atomic mass is 32.2. The molecule has 1 saturated heterocycles. The molecule has 1 fully saturated rings. The maximum Gasteiger partial charge on any atom is 0.237 e. The highest BCUT2D eigenvalue weighted by Gasteiger charge is 2.28. The van der Waals surface area contributed by atoms with E-state index in [-0.39, 0.29) is 11.9 Å². The molecule has 0 unspecified atom stereocenters. The molecule has 1 atom stereocenters. The van der Waals surface area contributed by atoms with E-state index in [9.17, 15) is 4.79 Å². The average Bonchev–Trinajstić information content (AvgIpc) is 2.53. The van der Waals surface area contributed by atoms with Gasteiger partial charge in [0.05, 0.1) is 6.04 Å². The van der Waals surface area contributed by atoms with Crippen molar-refractivity contribution in [1.29, 1.82) is 0 Å². The molecular weight excluding hydrogens is 292 g/mol. The first kappa shape index (κ1) is 17.4. The highest BCUT2D eigenvalue weighted by molar-refractivity contribution is 7.99. The quantitative estimate of drug-likeness (QED) is 0.782. The van der Waals surface area contributed by atoms with Gasteiger partial charge in [0.1, 0.15) is 0 Å². The molecule has 1 aromatic carbocycles. The molecule has 0 spiro atoms. The van der Waals surface area contributed by atoms with E-state index in [1.54, 1.807) is 0 Å². The lowest BCUT2D eigenvalue weighted by atomic mass is 10.0. The van der Waals surface area contributed by atoms with Gasteiger partial charge in [-0.05, 0) is 30.2 Å². The minimum Gasteiger partial charge on any atom is -0.354 e. The zero-order valence-corrected chi connectivity index (χ0v) is 14.6. The molecule has 1 aliphatic heterocycles. The van der Waals surface area contributed by atoms with Gasteiger partial charge >= 0.3 is 0 Å². The van der Waals surface area contributed by atoms with Gasteiger partial charge < -0.3 is 5.32 Å². The van der Waals surface area contributed by atoms with Crippen LogP contribution in [-0.2, 0) is 11.3 Å². The van der Waals surface area contributed by atoms with Crippen molar-refractivity contribution < 1.29 is 4.79 Å². The van der Waals surface area contributed by atoms with Gasteiger partial charge in [-0.2, -0.15) is 11.8 Å². The number of nitrogens with one attached hydrogen (secondary N) is 1. The summed E-state index contributed by atoms with van der Waals surface area (Å²) in [5.41, 5.74) is 1.29. The van der Waals surface area contributed by atoms with Gasteiger partial charge in [-0.1, -0.05) is 50.6 Å². The molecular formula is C18H28N2OS. The first-order valence-electron chi connectivity index (χ1n) is 8.34. The second-order valence-corrected chi connectivity index (χ2v) is 7.86. The van der Waals surface area contributed by atoms with Crippen molar-refractivity contribution >= 4 is 17.7 Å². The maximum atomic E-state index is 12.5. The van der Waals surface area contributed by atoms with Crippen molar-refractivity contribution in [2.75, 3.05) is 18.8 Å². The molecule has 1 amide bonds. The molecule has 22 heavy (non-hydrogen) atoms. The van der Waals surface area contributed by atoms with Crippen molar-refractivity contribution in [3.63, 3.8) is 0 Å². The van der Waals surface area contributed by atoms with E-state index in [4.69, 9.17) is 0 Å². The topological polar surface area (TPSA) is 32.3 Å². The van der Waals surface area contributed by atoms with Gasteiger partial charge in [0.25, 0.3) is 0 Å². The van der Waals surface area contributed by atoms with Crippen molar-refractivity contribution in [3.8, 4) is 0 Å². The van der Waals surface area contributed by atoms with E-state index in [1.807, 2.05) is 17.8 Å². The molecule has 0 saturated carbocycles. The van der Waals surface area contributed by atoms with E-state index >= 15 is 0 Å². The lowest BCUT2D eigenvalue weighted by Crippen LogP contribution is -2.49. The number of benzene rings is 1. The molecule has 1 aromatic rings. The fourth-order valence-corrected chi connectivity index (χ4v) is 3.57. The SMILES string of the molecule is CC(C)SCCNC(=O)[C@@H]1CCCCN1Cc1ccccc1. The van der Waals surface area contributed by atoms with Crippen LogP contribution in [0, 0.1) is 0 Å². The average molecular weight is 321 g/mol. The molecule has 122 valence electrons. The number of carbonyl (C=O) groups excluding carboxylic acids is 1. The van der Waals surface area contributed by atoms with Gasteiger partial charge in [0.2, 0.25) is 5.91 Å². The minimum absolute atomic E-state index is 0.0398. The lowest BCUT2D eigenvalue weighted by molar-refractivity contribution is -0.127. The lowest BCUT2D eigenvalue weighted by Gasteiger charge is -2.34. The molecule has 0 aliphatic carbocycles. The van der Waals surface area contributed by atoms with Crippen LogP contribution >= 0.6 is 11.8 Å². The maximum absolute atomic E-state index is 12.5. The summed E-state index contributed by atoms with van der Waals surface area (Å²) < 4.78 is 0. The van der Waals surface area contributed by atoms with Crippen LogP contribution in [-0.4, -0.2) is 40.9 Å². The van der Waals surface area contributed by atoms with Crippen LogP contribution < -0.4 is 5.32 Å². The summed E-state index contributed by atoms with van der Waals surface area (Å²) in [6, 6.07) is 10.5. The molecule has 0 radical (unpaired) electrons. The Morgan fingerprint density at radius 1 is 1.32 bits per heavy atom. The summed E-state index contributed by atoms with van der Waals surface area (Å²) in [7, 11) is 0. The number of piperidine rings is 1. The Bertz CT molecular complexity index is 450. The van der Waals surface area contributed by atoms with E-state index in [1.165, 1.54) is 12.0 Å². The Kier molecular flexibility index (Phi) is 7.26. The predicted octanol–water partition coefficient (Wildman–Crippen LogP) is 3.30. The smallest absolute Gasteiger partial charge is 0.237 e. The van der Waals surface area contributed by atoms with E-state index in [0.717, 1.165) is 38.2 Å². The molecule has 4 heteroatoms. The van der Waals surface area contributed by atoms with Gasteiger partial charge in [0, 0.05) is 18.8 Å². The van der Waals surface area contributed by atoms with E-state index < -0.39 is 0 Å². The number of thioether (sulfide) groups is 1. The third kappa shape index (κ3) is 5.65. The monoisotopic (exact) mass is 320 g/mol. The standard InChI is InChI=1S/C18H28N2OS/c1-15(2)22-13-11-19-18(21)17-10-6-7-12-20(17)14-16-8-4-3-5-9-16/h3-5,8-9,15,17H,6-7,10-14H2,1-2H3,(H,19,21)/t17-/m0/s1. The Labute approximate surface area is 138 Å². The number of hydrogen-bond acceptors (Lipinski definition) is 3.